The quantitative estimate of drug-likeness (QED) is 0.762. The number of aromatic amines is 1. The molecule has 6 heteroatoms. The van der Waals surface area contributed by atoms with Crippen LogP contribution in [0.5, 0.6) is 0 Å². The number of sulfonamides is 1. The van der Waals surface area contributed by atoms with Gasteiger partial charge in [0.1, 0.15) is 5.82 Å². The first-order valence-corrected chi connectivity index (χ1v) is 6.79. The van der Waals surface area contributed by atoms with E-state index in [9.17, 15) is 8.42 Å². The molecule has 1 heterocycles. The highest BCUT2D eigenvalue weighted by molar-refractivity contribution is 7.90. The standard InChI is InChI=1S/C10H19N3O2S/c1-10(2,3)16(14,15)13-6-4-5-9-11-7-8-12-9/h7-8,13H,4-6H2,1-3H3,(H,11,12). The SMILES string of the molecule is CC(C)(C)S(=O)(=O)NCCCc1ncc[nH]1. The van der Waals surface area contributed by atoms with Crippen molar-refractivity contribution in [2.45, 2.75) is 38.4 Å². The molecule has 1 aromatic rings. The van der Waals surface area contributed by atoms with Gasteiger partial charge in [-0.25, -0.2) is 18.1 Å². The molecule has 0 aliphatic heterocycles. The summed E-state index contributed by atoms with van der Waals surface area (Å²) >= 11 is 0. The number of nitrogens with zero attached hydrogens (tertiary/aromatic N) is 1. The highest BCUT2D eigenvalue weighted by Crippen LogP contribution is 2.12. The second-order valence-corrected chi connectivity index (χ2v) is 7.17. The van der Waals surface area contributed by atoms with Crippen LogP contribution < -0.4 is 4.72 Å². The van der Waals surface area contributed by atoms with Crippen molar-refractivity contribution in [2.75, 3.05) is 6.54 Å². The first-order valence-electron chi connectivity index (χ1n) is 5.30. The molecule has 0 atom stereocenters. The Labute approximate surface area is 96.7 Å². The van der Waals surface area contributed by atoms with Crippen LogP contribution in [-0.2, 0) is 16.4 Å². The zero-order chi connectivity index (χ0) is 12.2. The molecule has 16 heavy (non-hydrogen) atoms. The molecule has 0 bridgehead atoms. The van der Waals surface area contributed by atoms with E-state index in [1.807, 2.05) is 0 Å². The number of hydrogen-bond acceptors (Lipinski definition) is 3. The summed E-state index contributed by atoms with van der Waals surface area (Å²) in [6.07, 6.45) is 4.94. The lowest BCUT2D eigenvalue weighted by molar-refractivity contribution is 0.542. The van der Waals surface area contributed by atoms with Gasteiger partial charge in [0.15, 0.2) is 0 Å². The van der Waals surface area contributed by atoms with Gasteiger partial charge in [-0.3, -0.25) is 0 Å². The molecule has 0 saturated carbocycles. The molecule has 0 unspecified atom stereocenters. The highest BCUT2D eigenvalue weighted by atomic mass is 32.2. The first kappa shape index (κ1) is 13.2. The van der Waals surface area contributed by atoms with Gasteiger partial charge >= 0.3 is 0 Å². The van der Waals surface area contributed by atoms with Gasteiger partial charge in [0.25, 0.3) is 0 Å². The minimum Gasteiger partial charge on any atom is -0.349 e. The molecule has 0 fully saturated rings. The monoisotopic (exact) mass is 245 g/mol. The lowest BCUT2D eigenvalue weighted by Gasteiger charge is -2.19. The second kappa shape index (κ2) is 4.97. The van der Waals surface area contributed by atoms with Gasteiger partial charge in [-0.1, -0.05) is 0 Å². The smallest absolute Gasteiger partial charge is 0.216 e. The largest absolute Gasteiger partial charge is 0.349 e. The number of aromatic nitrogens is 2. The van der Waals surface area contributed by atoms with E-state index in [0.717, 1.165) is 18.7 Å². The predicted octanol–water partition coefficient (Wildman–Crippen LogP) is 1.06. The van der Waals surface area contributed by atoms with Gasteiger partial charge in [0.05, 0.1) is 4.75 Å². The summed E-state index contributed by atoms with van der Waals surface area (Å²) in [6.45, 7) is 5.49. The van der Waals surface area contributed by atoms with Gasteiger partial charge in [0.2, 0.25) is 10.0 Å². The van der Waals surface area contributed by atoms with E-state index >= 15 is 0 Å². The summed E-state index contributed by atoms with van der Waals surface area (Å²) in [6, 6.07) is 0. The molecule has 92 valence electrons. The van der Waals surface area contributed by atoms with E-state index in [0.29, 0.717) is 6.54 Å². The van der Waals surface area contributed by atoms with Crippen molar-refractivity contribution in [1.82, 2.24) is 14.7 Å². The predicted molar refractivity (Wildman–Crippen MR) is 63.6 cm³/mol. The summed E-state index contributed by atoms with van der Waals surface area (Å²) < 4.78 is 25.2. The van der Waals surface area contributed by atoms with Crippen molar-refractivity contribution >= 4 is 10.0 Å². The fraction of sp³-hybridized carbons (Fsp3) is 0.700. The zero-order valence-corrected chi connectivity index (χ0v) is 10.8. The Bertz CT molecular complexity index is 404. The molecule has 0 amide bonds. The van der Waals surface area contributed by atoms with Crippen molar-refractivity contribution in [3.63, 3.8) is 0 Å². The van der Waals surface area contributed by atoms with E-state index in [4.69, 9.17) is 0 Å². The molecule has 0 aliphatic rings. The molecule has 0 radical (unpaired) electrons. The van der Waals surface area contributed by atoms with Gasteiger partial charge in [-0.2, -0.15) is 0 Å². The minimum absolute atomic E-state index is 0.445. The number of aryl methyl sites for hydroxylation is 1. The number of H-pyrrole nitrogens is 1. The van der Waals surface area contributed by atoms with Crippen molar-refractivity contribution in [2.24, 2.45) is 0 Å². The first-order chi connectivity index (χ1) is 7.33. The maximum Gasteiger partial charge on any atom is 0.216 e. The number of rotatable bonds is 5. The lowest BCUT2D eigenvalue weighted by Crippen LogP contribution is -2.39. The van der Waals surface area contributed by atoms with Crippen LogP contribution in [-0.4, -0.2) is 29.7 Å². The van der Waals surface area contributed by atoms with Crippen LogP contribution in [0.4, 0.5) is 0 Å². The van der Waals surface area contributed by atoms with Crippen LogP contribution in [0.1, 0.15) is 33.0 Å². The Kier molecular flexibility index (Phi) is 4.09. The minimum atomic E-state index is -3.22. The second-order valence-electron chi connectivity index (χ2n) is 4.65. The van der Waals surface area contributed by atoms with Crippen LogP contribution in [0.25, 0.3) is 0 Å². The maximum absolute atomic E-state index is 11.7. The fourth-order valence-corrected chi connectivity index (χ4v) is 1.96. The summed E-state index contributed by atoms with van der Waals surface area (Å²) in [7, 11) is -3.22. The van der Waals surface area contributed by atoms with Crippen LogP contribution in [0.15, 0.2) is 12.4 Å². The molecule has 2 N–H and O–H groups in total. The van der Waals surface area contributed by atoms with Crippen LogP contribution in [0.2, 0.25) is 0 Å². The van der Waals surface area contributed by atoms with E-state index in [1.165, 1.54) is 0 Å². The Hall–Kier alpha value is -0.880. The molecular formula is C10H19N3O2S. The van der Waals surface area contributed by atoms with E-state index in [2.05, 4.69) is 14.7 Å². The average molecular weight is 245 g/mol. The third-order valence-electron chi connectivity index (χ3n) is 2.24. The highest BCUT2D eigenvalue weighted by Gasteiger charge is 2.27. The van der Waals surface area contributed by atoms with Gasteiger partial charge in [0, 0.05) is 25.4 Å². The Morgan fingerprint density at radius 2 is 2.12 bits per heavy atom. The Morgan fingerprint density at radius 3 is 2.62 bits per heavy atom. The summed E-state index contributed by atoms with van der Waals surface area (Å²) in [5, 5.41) is 0. The molecule has 0 saturated heterocycles. The van der Waals surface area contributed by atoms with Crippen LogP contribution in [0, 0.1) is 0 Å². The average Bonchev–Trinajstić information content (AvgIpc) is 2.63. The van der Waals surface area contributed by atoms with Crippen molar-refractivity contribution < 1.29 is 8.42 Å². The van der Waals surface area contributed by atoms with Crippen molar-refractivity contribution in [1.29, 1.82) is 0 Å². The third kappa shape index (κ3) is 3.61. The molecule has 1 rings (SSSR count). The Balaban J connectivity index is 2.31. The summed E-state index contributed by atoms with van der Waals surface area (Å²) in [4.78, 5) is 7.04. The Morgan fingerprint density at radius 1 is 1.44 bits per heavy atom. The molecule has 0 spiro atoms. The number of nitrogens with one attached hydrogen (secondary N) is 2. The molecular weight excluding hydrogens is 226 g/mol. The molecule has 0 aromatic carbocycles. The topological polar surface area (TPSA) is 74.8 Å². The fourth-order valence-electron chi connectivity index (χ4n) is 1.11. The third-order valence-corrected chi connectivity index (χ3v) is 4.44. The van der Waals surface area contributed by atoms with Crippen LogP contribution in [0.3, 0.4) is 0 Å². The number of imidazole rings is 1. The summed E-state index contributed by atoms with van der Waals surface area (Å²) in [5.41, 5.74) is 0. The zero-order valence-electron chi connectivity index (χ0n) is 9.95. The van der Waals surface area contributed by atoms with Gasteiger partial charge < -0.3 is 4.98 Å². The summed E-state index contributed by atoms with van der Waals surface area (Å²) in [5.74, 6) is 0.884. The van der Waals surface area contributed by atoms with Crippen LogP contribution >= 0.6 is 0 Å². The van der Waals surface area contributed by atoms with Gasteiger partial charge in [-0.15, -0.1) is 0 Å². The van der Waals surface area contributed by atoms with E-state index in [1.54, 1.807) is 33.2 Å². The van der Waals surface area contributed by atoms with E-state index < -0.39 is 14.8 Å². The normalized spacial score (nSPS) is 12.9. The molecule has 5 nitrogen and oxygen atoms in total. The van der Waals surface area contributed by atoms with Crippen molar-refractivity contribution in [3.8, 4) is 0 Å². The lowest BCUT2D eigenvalue weighted by atomic mass is 10.3. The molecule has 1 aromatic heterocycles. The maximum atomic E-state index is 11.7. The number of hydrogen-bond donors (Lipinski definition) is 2. The van der Waals surface area contributed by atoms with E-state index in [-0.39, 0.29) is 0 Å². The van der Waals surface area contributed by atoms with Crippen molar-refractivity contribution in [3.05, 3.63) is 18.2 Å². The molecule has 0 aliphatic carbocycles. The van der Waals surface area contributed by atoms with Gasteiger partial charge in [-0.05, 0) is 27.2 Å².